The van der Waals surface area contributed by atoms with Crippen molar-refractivity contribution < 1.29 is 19.1 Å². The first-order chi connectivity index (χ1) is 15.0. The van der Waals surface area contributed by atoms with Crippen molar-refractivity contribution in [2.24, 2.45) is 0 Å². The van der Waals surface area contributed by atoms with Crippen LogP contribution < -0.4 is 14.8 Å². The van der Waals surface area contributed by atoms with Gasteiger partial charge >= 0.3 is 0 Å². The van der Waals surface area contributed by atoms with Crippen molar-refractivity contribution in [1.82, 2.24) is 5.32 Å². The van der Waals surface area contributed by atoms with Gasteiger partial charge < -0.3 is 19.6 Å². The van der Waals surface area contributed by atoms with Crippen LogP contribution in [-0.2, 0) is 16.0 Å². The summed E-state index contributed by atoms with van der Waals surface area (Å²) in [6.45, 7) is 1.50. The minimum atomic E-state index is -0.294. The fourth-order valence-electron chi connectivity index (χ4n) is 3.23. The van der Waals surface area contributed by atoms with Crippen molar-refractivity contribution >= 4 is 11.7 Å². The SMILES string of the molecule is COc1ccc(C(NC(=O)COc2ccc(CCC(C)=O)cc2)c2ccccc2)cc1. The molecule has 0 saturated carbocycles. The van der Waals surface area contributed by atoms with Crippen LogP contribution in [0, 0.1) is 0 Å². The fourth-order valence-corrected chi connectivity index (χ4v) is 3.23. The van der Waals surface area contributed by atoms with Crippen LogP contribution >= 0.6 is 0 Å². The van der Waals surface area contributed by atoms with Crippen LogP contribution in [-0.4, -0.2) is 25.4 Å². The highest BCUT2D eigenvalue weighted by molar-refractivity contribution is 5.78. The molecule has 0 fully saturated rings. The number of amides is 1. The Labute approximate surface area is 183 Å². The van der Waals surface area contributed by atoms with Gasteiger partial charge in [0.15, 0.2) is 6.61 Å². The summed E-state index contributed by atoms with van der Waals surface area (Å²) >= 11 is 0. The minimum Gasteiger partial charge on any atom is -0.497 e. The van der Waals surface area contributed by atoms with Gasteiger partial charge in [-0.25, -0.2) is 0 Å². The predicted molar refractivity (Wildman–Crippen MR) is 120 cm³/mol. The lowest BCUT2D eigenvalue weighted by atomic mass is 9.98. The van der Waals surface area contributed by atoms with Gasteiger partial charge in [0.25, 0.3) is 5.91 Å². The molecule has 0 bridgehead atoms. The molecule has 3 aromatic rings. The van der Waals surface area contributed by atoms with E-state index in [2.05, 4.69) is 5.32 Å². The number of aryl methyl sites for hydroxylation is 1. The molecule has 0 aliphatic rings. The summed E-state index contributed by atoms with van der Waals surface area (Å²) < 4.78 is 10.9. The van der Waals surface area contributed by atoms with Gasteiger partial charge in [0.05, 0.1) is 13.2 Å². The number of ether oxygens (including phenoxy) is 2. The van der Waals surface area contributed by atoms with E-state index in [0.717, 1.165) is 22.4 Å². The molecule has 31 heavy (non-hydrogen) atoms. The molecular weight excluding hydrogens is 390 g/mol. The van der Waals surface area contributed by atoms with Crippen molar-refractivity contribution in [3.05, 3.63) is 95.6 Å². The zero-order chi connectivity index (χ0) is 22.1. The molecule has 5 heteroatoms. The summed E-state index contributed by atoms with van der Waals surface area (Å²) in [5, 5.41) is 3.06. The molecule has 0 aliphatic carbocycles. The number of methoxy groups -OCH3 is 1. The normalized spacial score (nSPS) is 11.4. The number of hydrogen-bond acceptors (Lipinski definition) is 4. The summed E-state index contributed by atoms with van der Waals surface area (Å²) in [7, 11) is 1.62. The van der Waals surface area contributed by atoms with E-state index in [9.17, 15) is 9.59 Å². The molecule has 3 aromatic carbocycles. The first-order valence-electron chi connectivity index (χ1n) is 10.2. The highest BCUT2D eigenvalue weighted by Gasteiger charge is 2.17. The lowest BCUT2D eigenvalue weighted by molar-refractivity contribution is -0.123. The summed E-state index contributed by atoms with van der Waals surface area (Å²) in [6, 6.07) is 24.6. The molecule has 0 spiro atoms. The third kappa shape index (κ3) is 6.71. The van der Waals surface area contributed by atoms with E-state index >= 15 is 0 Å². The molecule has 1 atom stereocenters. The van der Waals surface area contributed by atoms with E-state index in [1.54, 1.807) is 14.0 Å². The first kappa shape index (κ1) is 22.1. The van der Waals surface area contributed by atoms with Crippen molar-refractivity contribution in [1.29, 1.82) is 0 Å². The van der Waals surface area contributed by atoms with Gasteiger partial charge in [-0.3, -0.25) is 4.79 Å². The Hall–Kier alpha value is -3.60. The number of Topliss-reactive ketones (excluding diaryl/α,β-unsaturated/α-hetero) is 1. The Morgan fingerprint density at radius 1 is 0.839 bits per heavy atom. The maximum Gasteiger partial charge on any atom is 0.258 e. The Kier molecular flexibility index (Phi) is 7.82. The molecule has 0 saturated heterocycles. The predicted octanol–water partition coefficient (Wildman–Crippen LogP) is 4.50. The minimum absolute atomic E-state index is 0.0910. The van der Waals surface area contributed by atoms with Crippen LogP contribution in [0.15, 0.2) is 78.9 Å². The second kappa shape index (κ2) is 11.0. The van der Waals surface area contributed by atoms with E-state index in [-0.39, 0.29) is 24.3 Å². The standard InChI is InChI=1S/C26H27NO4/c1-19(28)8-9-20-10-14-24(15-11-20)31-18-25(29)27-26(21-6-4-3-5-7-21)22-12-16-23(30-2)17-13-22/h3-7,10-17,26H,8-9,18H2,1-2H3,(H,27,29). The monoisotopic (exact) mass is 417 g/mol. The Balaban J connectivity index is 1.63. The smallest absolute Gasteiger partial charge is 0.258 e. The number of benzene rings is 3. The molecule has 3 rings (SSSR count). The fraction of sp³-hybridized carbons (Fsp3) is 0.231. The van der Waals surface area contributed by atoms with Crippen molar-refractivity contribution in [2.45, 2.75) is 25.8 Å². The quantitative estimate of drug-likeness (QED) is 0.527. The molecule has 0 radical (unpaired) electrons. The maximum atomic E-state index is 12.6. The first-order valence-corrected chi connectivity index (χ1v) is 10.2. The molecule has 0 aliphatic heterocycles. The van der Waals surface area contributed by atoms with Crippen LogP contribution in [0.5, 0.6) is 11.5 Å². The zero-order valence-corrected chi connectivity index (χ0v) is 17.8. The zero-order valence-electron chi connectivity index (χ0n) is 17.8. The number of rotatable bonds is 10. The number of hydrogen-bond donors (Lipinski definition) is 1. The molecule has 0 aromatic heterocycles. The Bertz CT molecular complexity index is 982. The number of carbonyl (C=O) groups excluding carboxylic acids is 2. The third-order valence-corrected chi connectivity index (χ3v) is 4.95. The van der Waals surface area contributed by atoms with E-state index in [0.29, 0.717) is 18.6 Å². The van der Waals surface area contributed by atoms with E-state index in [4.69, 9.17) is 9.47 Å². The van der Waals surface area contributed by atoms with Crippen LogP contribution in [0.1, 0.15) is 36.1 Å². The molecule has 1 unspecified atom stereocenters. The van der Waals surface area contributed by atoms with E-state index in [1.165, 1.54) is 0 Å². The molecule has 1 amide bonds. The summed E-state index contributed by atoms with van der Waals surface area (Å²) in [6.07, 6.45) is 1.23. The second-order valence-electron chi connectivity index (χ2n) is 7.32. The van der Waals surface area contributed by atoms with Gasteiger partial charge in [0.1, 0.15) is 17.3 Å². The van der Waals surface area contributed by atoms with Crippen LogP contribution in [0.2, 0.25) is 0 Å². The lowest BCUT2D eigenvalue weighted by Gasteiger charge is -2.20. The highest BCUT2D eigenvalue weighted by atomic mass is 16.5. The maximum absolute atomic E-state index is 12.6. The average molecular weight is 418 g/mol. The van der Waals surface area contributed by atoms with Gasteiger partial charge in [-0.2, -0.15) is 0 Å². The number of nitrogens with one attached hydrogen (secondary N) is 1. The average Bonchev–Trinajstić information content (AvgIpc) is 2.81. The van der Waals surface area contributed by atoms with E-state index < -0.39 is 0 Å². The van der Waals surface area contributed by atoms with Crippen LogP contribution in [0.4, 0.5) is 0 Å². The summed E-state index contributed by atoms with van der Waals surface area (Å²) in [5.41, 5.74) is 3.00. The topological polar surface area (TPSA) is 64.6 Å². The molecule has 1 N–H and O–H groups in total. The van der Waals surface area contributed by atoms with Gasteiger partial charge in [-0.1, -0.05) is 54.6 Å². The van der Waals surface area contributed by atoms with Gasteiger partial charge in [0.2, 0.25) is 0 Å². The largest absolute Gasteiger partial charge is 0.497 e. The Morgan fingerprint density at radius 2 is 1.45 bits per heavy atom. The van der Waals surface area contributed by atoms with Crippen molar-refractivity contribution in [3.8, 4) is 11.5 Å². The third-order valence-electron chi connectivity index (χ3n) is 4.95. The molecular formula is C26H27NO4. The van der Waals surface area contributed by atoms with Crippen molar-refractivity contribution in [2.75, 3.05) is 13.7 Å². The number of ketones is 1. The van der Waals surface area contributed by atoms with Crippen LogP contribution in [0.25, 0.3) is 0 Å². The van der Waals surface area contributed by atoms with Crippen LogP contribution in [0.3, 0.4) is 0 Å². The van der Waals surface area contributed by atoms with Crippen molar-refractivity contribution in [3.63, 3.8) is 0 Å². The summed E-state index contributed by atoms with van der Waals surface area (Å²) in [4.78, 5) is 23.8. The van der Waals surface area contributed by atoms with E-state index in [1.807, 2.05) is 78.9 Å². The van der Waals surface area contributed by atoms with Gasteiger partial charge in [-0.15, -0.1) is 0 Å². The van der Waals surface area contributed by atoms with Gasteiger partial charge in [-0.05, 0) is 54.3 Å². The molecule has 5 nitrogen and oxygen atoms in total. The molecule has 0 heterocycles. The number of carbonyl (C=O) groups is 2. The second-order valence-corrected chi connectivity index (χ2v) is 7.32. The molecule has 160 valence electrons. The Morgan fingerprint density at radius 3 is 2.06 bits per heavy atom. The highest BCUT2D eigenvalue weighted by Crippen LogP contribution is 2.24. The lowest BCUT2D eigenvalue weighted by Crippen LogP contribution is -2.33. The van der Waals surface area contributed by atoms with Gasteiger partial charge in [0, 0.05) is 6.42 Å². The summed E-state index contributed by atoms with van der Waals surface area (Å²) in [5.74, 6) is 1.33.